The molecule has 16 heteroatoms. The number of aromatic nitrogens is 5. The van der Waals surface area contributed by atoms with Crippen molar-refractivity contribution in [1.29, 1.82) is 0 Å². The summed E-state index contributed by atoms with van der Waals surface area (Å²) in [5, 5.41) is 0. The number of ether oxygens (including phenoxy) is 1. The van der Waals surface area contributed by atoms with E-state index in [1.165, 1.54) is 23.4 Å². The van der Waals surface area contributed by atoms with Gasteiger partial charge in [-0.25, -0.2) is 51.3 Å². The normalized spacial score (nSPS) is 17.4. The molecular formula is C23H21F4N7O5. The molecule has 1 aromatic carbocycles. The number of anilines is 2. The van der Waals surface area contributed by atoms with E-state index < -0.39 is 59.5 Å². The van der Waals surface area contributed by atoms with Gasteiger partial charge in [-0.2, -0.15) is 4.57 Å². The molecule has 0 spiro atoms. The Morgan fingerprint density at radius 2 is 1.56 bits per heavy atom. The van der Waals surface area contributed by atoms with Crippen molar-refractivity contribution in [2.75, 3.05) is 29.4 Å². The maximum absolute atomic E-state index is 15.2. The van der Waals surface area contributed by atoms with Crippen molar-refractivity contribution < 1.29 is 31.9 Å². The highest BCUT2D eigenvalue weighted by molar-refractivity contribution is 5.90. The van der Waals surface area contributed by atoms with E-state index in [4.69, 9.17) is 4.74 Å². The minimum atomic E-state index is -3.13. The Labute approximate surface area is 216 Å². The zero-order chi connectivity index (χ0) is 27.8. The van der Waals surface area contributed by atoms with Gasteiger partial charge >= 0.3 is 17.5 Å². The first-order valence-corrected chi connectivity index (χ1v) is 11.9. The largest absolute Gasteiger partial charge is 0.444 e. The van der Waals surface area contributed by atoms with E-state index in [0.29, 0.717) is 0 Å². The second-order valence-electron chi connectivity index (χ2n) is 8.86. The molecule has 39 heavy (non-hydrogen) atoms. The summed E-state index contributed by atoms with van der Waals surface area (Å²) in [6.45, 7) is -0.332. The second kappa shape index (κ2) is 10.3. The fourth-order valence-corrected chi connectivity index (χ4v) is 4.60. The lowest BCUT2D eigenvalue weighted by molar-refractivity contribution is -0.129. The summed E-state index contributed by atoms with van der Waals surface area (Å²) in [6, 6.07) is 3.40. The lowest BCUT2D eigenvalue weighted by Gasteiger charge is -2.24. The van der Waals surface area contributed by atoms with E-state index in [1.54, 1.807) is 0 Å². The number of rotatable bonds is 7. The highest BCUT2D eigenvalue weighted by Crippen LogP contribution is 2.32. The molecule has 0 unspecified atom stereocenters. The number of benzene rings is 1. The second-order valence-corrected chi connectivity index (χ2v) is 8.86. The monoisotopic (exact) mass is 551 g/mol. The van der Waals surface area contributed by atoms with Crippen LogP contribution in [0.25, 0.3) is 5.95 Å². The molecule has 4 heterocycles. The molecule has 2 aliphatic heterocycles. The lowest BCUT2D eigenvalue weighted by Crippen LogP contribution is -2.34. The summed E-state index contributed by atoms with van der Waals surface area (Å²) < 4.78 is 63.4. The zero-order valence-electron chi connectivity index (χ0n) is 20.2. The van der Waals surface area contributed by atoms with Crippen LogP contribution in [-0.4, -0.2) is 67.9 Å². The molecule has 2 aliphatic rings. The molecular weight excluding hydrogens is 530 g/mol. The number of ketones is 1. The lowest BCUT2D eigenvalue weighted by atomic mass is 10.1. The van der Waals surface area contributed by atoms with Crippen molar-refractivity contribution in [2.24, 2.45) is 0 Å². The Balaban J connectivity index is 1.33. The van der Waals surface area contributed by atoms with Gasteiger partial charge in [0.1, 0.15) is 11.8 Å². The number of amides is 1. The van der Waals surface area contributed by atoms with Crippen LogP contribution in [0, 0.1) is 11.6 Å². The van der Waals surface area contributed by atoms with Crippen LogP contribution in [-0.2, 0) is 22.6 Å². The summed E-state index contributed by atoms with van der Waals surface area (Å²) in [4.78, 5) is 59.3. The molecule has 0 saturated carbocycles. The standard InChI is InChI=1S/C23H21F4N7O5/c24-15-10-13(31-12-14(39-23(31)38)2-3-17(35)19(26)27)11-16(25)18(15)30-6-8-32-21(36)34(20-28-4-1-5-29-20)22(37)33(32)9-7-30/h1,4-5,10-11,14,19H,2-3,6-9,12H2/t14-/m0/s1. The molecule has 1 amide bonds. The van der Waals surface area contributed by atoms with Gasteiger partial charge in [-0.15, -0.1) is 0 Å². The molecule has 206 valence electrons. The third-order valence-electron chi connectivity index (χ3n) is 6.49. The highest BCUT2D eigenvalue weighted by Gasteiger charge is 2.34. The number of Topliss-reactive ketones (excluding diaryl/α,β-unsaturated/α-hetero) is 1. The van der Waals surface area contributed by atoms with Crippen LogP contribution in [0.5, 0.6) is 0 Å². The molecule has 3 aromatic rings. The minimum absolute atomic E-state index is 0.0157. The van der Waals surface area contributed by atoms with E-state index >= 15 is 8.78 Å². The number of carbonyl (C=O) groups is 2. The number of alkyl halides is 2. The van der Waals surface area contributed by atoms with Gasteiger partial charge in [0.05, 0.1) is 25.3 Å². The van der Waals surface area contributed by atoms with Gasteiger partial charge in [0, 0.05) is 44.0 Å². The Hall–Kier alpha value is -4.50. The van der Waals surface area contributed by atoms with Gasteiger partial charge in [0.25, 0.3) is 6.43 Å². The molecule has 0 N–H and O–H groups in total. The molecule has 12 nitrogen and oxygen atoms in total. The maximum Gasteiger partial charge on any atom is 0.414 e. The van der Waals surface area contributed by atoms with Crippen LogP contribution in [0.1, 0.15) is 12.8 Å². The molecule has 1 saturated heterocycles. The van der Waals surface area contributed by atoms with E-state index in [-0.39, 0.29) is 50.8 Å². The number of nitrogens with zero attached hydrogens (tertiary/aromatic N) is 7. The number of hydrogen-bond donors (Lipinski definition) is 0. The Kier molecular flexibility index (Phi) is 6.93. The van der Waals surface area contributed by atoms with Gasteiger partial charge < -0.3 is 9.64 Å². The molecule has 1 atom stereocenters. The summed E-state index contributed by atoms with van der Waals surface area (Å²) in [6.07, 6.45) is -2.84. The quantitative estimate of drug-likeness (QED) is 0.403. The number of cyclic esters (lactones) is 1. The number of fused-ring (bicyclic) bond motifs is 1. The SMILES string of the molecule is O=C(CC[C@H]1CN(c2cc(F)c(N3CCn4c(=O)n(-c5ncccn5)c(=O)n4CC3)c(F)c2)C(=O)O1)C(F)F. The summed E-state index contributed by atoms with van der Waals surface area (Å²) in [5.74, 6) is -3.37. The highest BCUT2D eigenvalue weighted by atomic mass is 19.3. The molecule has 5 rings (SSSR count). The first kappa shape index (κ1) is 26.1. The fraction of sp³-hybridized carbons (Fsp3) is 0.391. The van der Waals surface area contributed by atoms with Crippen molar-refractivity contribution in [2.45, 2.75) is 38.5 Å². The third kappa shape index (κ3) is 4.88. The van der Waals surface area contributed by atoms with Crippen molar-refractivity contribution in [3.05, 3.63) is 63.2 Å². The number of carbonyl (C=O) groups excluding carboxylic acids is 2. The predicted molar refractivity (Wildman–Crippen MR) is 126 cm³/mol. The van der Waals surface area contributed by atoms with E-state index in [2.05, 4.69) is 9.97 Å². The summed E-state index contributed by atoms with van der Waals surface area (Å²) >= 11 is 0. The Morgan fingerprint density at radius 1 is 0.974 bits per heavy atom. The van der Waals surface area contributed by atoms with Crippen LogP contribution >= 0.6 is 0 Å². The first-order valence-electron chi connectivity index (χ1n) is 11.9. The smallest absolute Gasteiger partial charge is 0.414 e. The van der Waals surface area contributed by atoms with Crippen LogP contribution in [0.2, 0.25) is 0 Å². The fourth-order valence-electron chi connectivity index (χ4n) is 4.60. The van der Waals surface area contributed by atoms with Crippen molar-refractivity contribution >= 4 is 23.3 Å². The molecule has 1 fully saturated rings. The Morgan fingerprint density at radius 3 is 2.13 bits per heavy atom. The van der Waals surface area contributed by atoms with Gasteiger partial charge in [0.2, 0.25) is 5.95 Å². The zero-order valence-corrected chi connectivity index (χ0v) is 20.2. The van der Waals surface area contributed by atoms with Crippen LogP contribution < -0.4 is 21.2 Å². The summed E-state index contributed by atoms with van der Waals surface area (Å²) in [5.41, 5.74) is -1.94. The van der Waals surface area contributed by atoms with E-state index in [9.17, 15) is 28.0 Å². The van der Waals surface area contributed by atoms with Gasteiger partial charge in [-0.3, -0.25) is 9.69 Å². The summed E-state index contributed by atoms with van der Waals surface area (Å²) in [7, 11) is 0. The maximum atomic E-state index is 15.2. The average molecular weight is 551 g/mol. The van der Waals surface area contributed by atoms with Crippen molar-refractivity contribution in [3.63, 3.8) is 0 Å². The average Bonchev–Trinajstić information content (AvgIpc) is 3.28. The van der Waals surface area contributed by atoms with E-state index in [1.807, 2.05) is 0 Å². The van der Waals surface area contributed by atoms with E-state index in [0.717, 1.165) is 31.0 Å². The molecule has 0 radical (unpaired) electrons. The third-order valence-corrected chi connectivity index (χ3v) is 6.49. The topological polar surface area (TPSA) is 125 Å². The van der Waals surface area contributed by atoms with Crippen LogP contribution in [0.4, 0.5) is 33.7 Å². The van der Waals surface area contributed by atoms with Gasteiger partial charge in [-0.1, -0.05) is 0 Å². The minimum Gasteiger partial charge on any atom is -0.444 e. The predicted octanol–water partition coefficient (Wildman–Crippen LogP) is 1.33. The van der Waals surface area contributed by atoms with Gasteiger partial charge in [0.15, 0.2) is 17.4 Å². The molecule has 0 bridgehead atoms. The molecule has 2 aromatic heterocycles. The van der Waals surface area contributed by atoms with Gasteiger partial charge in [-0.05, 0) is 12.5 Å². The first-order chi connectivity index (χ1) is 18.7. The van der Waals surface area contributed by atoms with Crippen molar-refractivity contribution in [1.82, 2.24) is 23.9 Å². The Bertz CT molecular complexity index is 1480. The molecule has 0 aliphatic carbocycles. The van der Waals surface area contributed by atoms with Crippen LogP contribution in [0.3, 0.4) is 0 Å². The number of hydrogen-bond acceptors (Lipinski definition) is 8. The van der Waals surface area contributed by atoms with Crippen LogP contribution in [0.15, 0.2) is 40.2 Å². The van der Waals surface area contributed by atoms with Crippen molar-refractivity contribution in [3.8, 4) is 5.95 Å². The number of halogens is 4.